The average Bonchev–Trinajstić information content (AvgIpc) is 2.16. The quantitative estimate of drug-likeness (QED) is 0.695. The molecule has 5 heteroatoms. The number of nitrogens with two attached hydrogens (primary N) is 1. The van der Waals surface area contributed by atoms with Crippen LogP contribution in [0.15, 0.2) is 0 Å². The lowest BCUT2D eigenvalue weighted by Gasteiger charge is -2.09. The first kappa shape index (κ1) is 16.1. The summed E-state index contributed by atoms with van der Waals surface area (Å²) in [7, 11) is 0. The van der Waals surface area contributed by atoms with Gasteiger partial charge >= 0.3 is 0 Å². The van der Waals surface area contributed by atoms with Gasteiger partial charge in [-0.15, -0.1) is 0 Å². The molecule has 0 bridgehead atoms. The first-order valence-corrected chi connectivity index (χ1v) is 5.01. The Kier molecular flexibility index (Phi) is 9.82. The third-order valence-corrected chi connectivity index (χ3v) is 1.52. The molecule has 0 unspecified atom stereocenters. The molecule has 0 fully saturated rings. The van der Waals surface area contributed by atoms with Gasteiger partial charge in [0.1, 0.15) is 0 Å². The van der Waals surface area contributed by atoms with E-state index >= 15 is 0 Å². The zero-order valence-corrected chi connectivity index (χ0v) is 9.79. The second-order valence-corrected chi connectivity index (χ2v) is 2.85. The summed E-state index contributed by atoms with van der Waals surface area (Å²) < 4.78 is 0. The van der Waals surface area contributed by atoms with Crippen molar-refractivity contribution in [3.8, 4) is 0 Å². The number of carbonyl (C=O) groups excluding carboxylic acids is 3. The summed E-state index contributed by atoms with van der Waals surface area (Å²) in [5, 5.41) is 2.43. The Morgan fingerprint density at radius 1 is 1.20 bits per heavy atom. The van der Waals surface area contributed by atoms with Crippen molar-refractivity contribution in [2.75, 3.05) is 0 Å². The van der Waals surface area contributed by atoms with E-state index < -0.39 is 11.9 Å². The van der Waals surface area contributed by atoms with Crippen LogP contribution in [0.5, 0.6) is 0 Å². The third kappa shape index (κ3) is 10.5. The number of hydrogen-bond acceptors (Lipinski definition) is 3. The van der Waals surface area contributed by atoms with Gasteiger partial charge in [-0.1, -0.05) is 13.8 Å². The molecule has 0 aromatic rings. The van der Waals surface area contributed by atoms with E-state index in [2.05, 4.69) is 5.32 Å². The summed E-state index contributed by atoms with van der Waals surface area (Å²) in [6, 6.07) is -0.545. The zero-order valence-electron chi connectivity index (χ0n) is 9.79. The summed E-state index contributed by atoms with van der Waals surface area (Å²) in [5.41, 5.74) is 4.86. The SMILES string of the molecule is CC.CC(=O)N[C@@H](C)C(=O)CCC(N)=O. The zero-order chi connectivity index (χ0) is 12.4. The Morgan fingerprint density at radius 2 is 1.67 bits per heavy atom. The van der Waals surface area contributed by atoms with Crippen molar-refractivity contribution in [1.29, 1.82) is 0 Å². The number of carbonyl (C=O) groups is 3. The van der Waals surface area contributed by atoms with Crippen LogP contribution in [0.3, 0.4) is 0 Å². The van der Waals surface area contributed by atoms with Crippen molar-refractivity contribution in [2.45, 2.75) is 46.6 Å². The molecular weight excluding hydrogens is 196 g/mol. The number of primary amides is 1. The van der Waals surface area contributed by atoms with E-state index in [0.717, 1.165) is 0 Å². The van der Waals surface area contributed by atoms with Gasteiger partial charge < -0.3 is 11.1 Å². The van der Waals surface area contributed by atoms with E-state index in [1.807, 2.05) is 13.8 Å². The monoisotopic (exact) mass is 216 g/mol. The van der Waals surface area contributed by atoms with E-state index in [1.54, 1.807) is 6.92 Å². The van der Waals surface area contributed by atoms with Crippen LogP contribution in [0.2, 0.25) is 0 Å². The summed E-state index contributed by atoms with van der Waals surface area (Å²) in [4.78, 5) is 32.0. The minimum Gasteiger partial charge on any atom is -0.370 e. The molecule has 2 amide bonds. The Bertz CT molecular complexity index is 227. The van der Waals surface area contributed by atoms with Crippen LogP contribution in [0.1, 0.15) is 40.5 Å². The van der Waals surface area contributed by atoms with Crippen molar-refractivity contribution in [3.63, 3.8) is 0 Å². The van der Waals surface area contributed by atoms with Gasteiger partial charge in [-0.25, -0.2) is 0 Å². The fourth-order valence-electron chi connectivity index (χ4n) is 0.848. The van der Waals surface area contributed by atoms with Crippen molar-refractivity contribution in [3.05, 3.63) is 0 Å². The second-order valence-electron chi connectivity index (χ2n) is 2.85. The molecule has 0 spiro atoms. The fourth-order valence-corrected chi connectivity index (χ4v) is 0.848. The molecule has 15 heavy (non-hydrogen) atoms. The van der Waals surface area contributed by atoms with E-state index in [9.17, 15) is 14.4 Å². The van der Waals surface area contributed by atoms with Gasteiger partial charge in [-0.2, -0.15) is 0 Å². The molecule has 0 radical (unpaired) electrons. The topological polar surface area (TPSA) is 89.3 Å². The molecule has 0 rings (SSSR count). The summed E-state index contributed by atoms with van der Waals surface area (Å²) >= 11 is 0. The van der Waals surface area contributed by atoms with Crippen molar-refractivity contribution >= 4 is 17.6 Å². The number of rotatable bonds is 5. The summed E-state index contributed by atoms with van der Waals surface area (Å²) in [5.74, 6) is -0.961. The average molecular weight is 216 g/mol. The summed E-state index contributed by atoms with van der Waals surface area (Å²) in [6.45, 7) is 6.91. The fraction of sp³-hybridized carbons (Fsp3) is 0.700. The third-order valence-electron chi connectivity index (χ3n) is 1.52. The highest BCUT2D eigenvalue weighted by Gasteiger charge is 2.13. The van der Waals surface area contributed by atoms with Gasteiger partial charge in [0.25, 0.3) is 0 Å². The number of Topliss-reactive ketones (excluding diaryl/α,β-unsaturated/α-hetero) is 1. The molecule has 88 valence electrons. The van der Waals surface area contributed by atoms with E-state index in [0.29, 0.717) is 0 Å². The lowest BCUT2D eigenvalue weighted by Crippen LogP contribution is -2.37. The van der Waals surface area contributed by atoms with Gasteiger partial charge in [0.2, 0.25) is 11.8 Å². The normalized spacial score (nSPS) is 10.7. The van der Waals surface area contributed by atoms with Gasteiger partial charge in [0.05, 0.1) is 6.04 Å². The van der Waals surface area contributed by atoms with E-state index in [1.165, 1.54) is 6.92 Å². The molecule has 0 aliphatic heterocycles. The predicted molar refractivity (Wildman–Crippen MR) is 58.1 cm³/mol. The van der Waals surface area contributed by atoms with E-state index in [-0.39, 0.29) is 24.5 Å². The van der Waals surface area contributed by atoms with Crippen LogP contribution in [0.4, 0.5) is 0 Å². The summed E-state index contributed by atoms with van der Waals surface area (Å²) in [6.07, 6.45) is 0.111. The first-order chi connectivity index (χ1) is 6.93. The predicted octanol–water partition coefficient (Wildman–Crippen LogP) is 0.372. The largest absolute Gasteiger partial charge is 0.370 e. The highest BCUT2D eigenvalue weighted by Crippen LogP contribution is 1.95. The van der Waals surface area contributed by atoms with Crippen LogP contribution in [0, 0.1) is 0 Å². The molecule has 5 nitrogen and oxygen atoms in total. The maximum Gasteiger partial charge on any atom is 0.217 e. The molecule has 0 saturated heterocycles. The van der Waals surface area contributed by atoms with Gasteiger partial charge in [-0.05, 0) is 6.92 Å². The molecule has 0 aromatic carbocycles. The molecule has 0 heterocycles. The second kappa shape index (κ2) is 9.18. The van der Waals surface area contributed by atoms with Crippen molar-refractivity contribution < 1.29 is 14.4 Å². The lowest BCUT2D eigenvalue weighted by atomic mass is 10.1. The van der Waals surface area contributed by atoms with Gasteiger partial charge in [0.15, 0.2) is 5.78 Å². The number of nitrogens with one attached hydrogen (secondary N) is 1. The standard InChI is InChI=1S/C8H14N2O3.C2H6/c1-5(10-6(2)11)7(12)3-4-8(9)13;1-2/h5H,3-4H2,1-2H3,(H2,9,13)(H,10,11);1-2H3/t5-;/m0./s1. The lowest BCUT2D eigenvalue weighted by molar-refractivity contribution is -0.127. The molecule has 0 aliphatic rings. The maximum absolute atomic E-state index is 11.2. The van der Waals surface area contributed by atoms with Gasteiger partial charge in [-0.3, -0.25) is 14.4 Å². The smallest absolute Gasteiger partial charge is 0.217 e. The highest BCUT2D eigenvalue weighted by atomic mass is 16.2. The van der Waals surface area contributed by atoms with Crippen LogP contribution in [-0.4, -0.2) is 23.6 Å². The number of hydrogen-bond donors (Lipinski definition) is 2. The Hall–Kier alpha value is -1.39. The minimum atomic E-state index is -0.545. The van der Waals surface area contributed by atoms with Crippen LogP contribution < -0.4 is 11.1 Å². The Morgan fingerprint density at radius 3 is 2.00 bits per heavy atom. The van der Waals surface area contributed by atoms with Crippen LogP contribution in [-0.2, 0) is 14.4 Å². The van der Waals surface area contributed by atoms with Gasteiger partial charge in [0, 0.05) is 19.8 Å². The van der Waals surface area contributed by atoms with E-state index in [4.69, 9.17) is 5.73 Å². The first-order valence-electron chi connectivity index (χ1n) is 5.01. The minimum absolute atomic E-state index is 0.0305. The van der Waals surface area contributed by atoms with Crippen molar-refractivity contribution in [2.24, 2.45) is 5.73 Å². The molecule has 3 N–H and O–H groups in total. The molecule has 0 saturated carbocycles. The highest BCUT2D eigenvalue weighted by molar-refractivity contribution is 5.90. The Balaban J connectivity index is 0. The number of amides is 2. The Labute approximate surface area is 90.4 Å². The molecule has 0 aliphatic carbocycles. The molecular formula is C10H20N2O3. The van der Waals surface area contributed by atoms with Crippen LogP contribution >= 0.6 is 0 Å². The van der Waals surface area contributed by atoms with Crippen LogP contribution in [0.25, 0.3) is 0 Å². The maximum atomic E-state index is 11.2. The van der Waals surface area contributed by atoms with Crippen molar-refractivity contribution in [1.82, 2.24) is 5.32 Å². The number of ketones is 1. The molecule has 0 aromatic heterocycles. The molecule has 1 atom stereocenters.